The fourth-order valence-corrected chi connectivity index (χ4v) is 2.45. The topological polar surface area (TPSA) is 72.5 Å². The van der Waals surface area contributed by atoms with Crippen molar-refractivity contribution >= 4 is 23.1 Å². The van der Waals surface area contributed by atoms with Crippen molar-refractivity contribution in [1.29, 1.82) is 0 Å². The molecule has 2 aromatic carbocycles. The number of rotatable bonds is 6. The van der Waals surface area contributed by atoms with Gasteiger partial charge in [-0.25, -0.2) is 13.8 Å². The minimum atomic E-state index is -0.717. The molecular weight excluding hydrogens is 368 g/mol. The van der Waals surface area contributed by atoms with Gasteiger partial charge < -0.3 is 20.1 Å². The number of hydrogen-bond acceptors (Lipinski definition) is 5. The second-order valence-electron chi connectivity index (χ2n) is 5.71. The number of carbonyl (C=O) groups excluding carboxylic acids is 1. The molecule has 0 saturated heterocycles. The fraction of sp³-hybridized carbons (Fsp3) is 0.100. The Morgan fingerprint density at radius 3 is 2.39 bits per heavy atom. The summed E-state index contributed by atoms with van der Waals surface area (Å²) in [5.41, 5.74) is 0.968. The maximum atomic E-state index is 13.7. The van der Waals surface area contributed by atoms with Crippen LogP contribution in [0.1, 0.15) is 10.4 Å². The number of anilines is 3. The van der Waals surface area contributed by atoms with E-state index in [-0.39, 0.29) is 11.6 Å². The van der Waals surface area contributed by atoms with Crippen LogP contribution in [-0.4, -0.2) is 25.1 Å². The van der Waals surface area contributed by atoms with Crippen molar-refractivity contribution < 1.29 is 23.0 Å². The fourth-order valence-electron chi connectivity index (χ4n) is 2.45. The molecule has 1 amide bonds. The molecule has 0 atom stereocenters. The lowest BCUT2D eigenvalue weighted by Crippen LogP contribution is -2.13. The predicted molar refractivity (Wildman–Crippen MR) is 101 cm³/mol. The van der Waals surface area contributed by atoms with E-state index < -0.39 is 11.6 Å². The Labute approximate surface area is 160 Å². The molecule has 0 fully saturated rings. The third-order valence-corrected chi connectivity index (χ3v) is 3.86. The molecule has 0 unspecified atom stereocenters. The van der Waals surface area contributed by atoms with Gasteiger partial charge in [0, 0.05) is 11.6 Å². The van der Waals surface area contributed by atoms with Gasteiger partial charge in [-0.15, -0.1) is 0 Å². The molecule has 0 aliphatic carbocycles. The Balaban J connectivity index is 1.69. The van der Waals surface area contributed by atoms with Crippen molar-refractivity contribution in [2.24, 2.45) is 0 Å². The van der Waals surface area contributed by atoms with E-state index in [1.165, 1.54) is 26.5 Å². The van der Waals surface area contributed by atoms with Gasteiger partial charge in [0.2, 0.25) is 0 Å². The molecule has 0 bridgehead atoms. The van der Waals surface area contributed by atoms with E-state index in [0.717, 1.165) is 12.1 Å². The largest absolute Gasteiger partial charge is 0.493 e. The van der Waals surface area contributed by atoms with Crippen LogP contribution in [0, 0.1) is 11.6 Å². The number of pyridine rings is 1. The molecule has 0 radical (unpaired) electrons. The SMILES string of the molecule is COc1ccc(C(=O)Nc2ccc(Nc3ccc(F)cc3F)cn2)cc1OC. The molecule has 0 spiro atoms. The third-order valence-electron chi connectivity index (χ3n) is 3.86. The molecule has 28 heavy (non-hydrogen) atoms. The van der Waals surface area contributed by atoms with Gasteiger partial charge in [0.05, 0.1) is 31.8 Å². The van der Waals surface area contributed by atoms with Gasteiger partial charge in [0.25, 0.3) is 5.91 Å². The molecule has 3 aromatic rings. The number of ether oxygens (including phenoxy) is 2. The highest BCUT2D eigenvalue weighted by Gasteiger charge is 2.12. The van der Waals surface area contributed by atoms with Crippen molar-refractivity contribution in [1.82, 2.24) is 4.98 Å². The van der Waals surface area contributed by atoms with E-state index in [0.29, 0.717) is 28.6 Å². The molecular formula is C20H17F2N3O3. The quantitative estimate of drug-likeness (QED) is 0.659. The van der Waals surface area contributed by atoms with Crippen LogP contribution in [0.25, 0.3) is 0 Å². The summed E-state index contributed by atoms with van der Waals surface area (Å²) in [5.74, 6) is -0.492. The van der Waals surface area contributed by atoms with Gasteiger partial charge in [-0.1, -0.05) is 0 Å². The molecule has 6 nitrogen and oxygen atoms in total. The summed E-state index contributed by atoms with van der Waals surface area (Å²) in [6, 6.07) is 11.2. The summed E-state index contributed by atoms with van der Waals surface area (Å²) in [4.78, 5) is 16.5. The third kappa shape index (κ3) is 4.35. The second kappa shape index (κ2) is 8.34. The van der Waals surface area contributed by atoms with E-state index in [9.17, 15) is 13.6 Å². The van der Waals surface area contributed by atoms with Crippen LogP contribution in [0.15, 0.2) is 54.7 Å². The van der Waals surface area contributed by atoms with Gasteiger partial charge in [-0.3, -0.25) is 4.79 Å². The average Bonchev–Trinajstić information content (AvgIpc) is 2.70. The minimum absolute atomic E-state index is 0.116. The molecule has 2 N–H and O–H groups in total. The molecule has 8 heteroatoms. The maximum absolute atomic E-state index is 13.7. The zero-order chi connectivity index (χ0) is 20.1. The number of hydrogen-bond donors (Lipinski definition) is 2. The van der Waals surface area contributed by atoms with Crippen LogP contribution in [0.3, 0.4) is 0 Å². The standard InChI is InChI=1S/C20H17F2N3O3/c1-27-17-7-3-12(9-18(17)28-2)20(26)25-19-8-5-14(11-23-19)24-16-6-4-13(21)10-15(16)22/h3-11,24H,1-2H3,(H,23,25,26). The summed E-state index contributed by atoms with van der Waals surface area (Å²) in [6.45, 7) is 0. The molecule has 144 valence electrons. The average molecular weight is 385 g/mol. The lowest BCUT2D eigenvalue weighted by molar-refractivity contribution is 0.102. The number of amides is 1. The number of nitrogens with zero attached hydrogens (tertiary/aromatic N) is 1. The highest BCUT2D eigenvalue weighted by atomic mass is 19.1. The second-order valence-corrected chi connectivity index (χ2v) is 5.71. The lowest BCUT2D eigenvalue weighted by atomic mass is 10.2. The number of halogens is 2. The molecule has 0 aliphatic rings. The zero-order valence-electron chi connectivity index (χ0n) is 15.1. The monoisotopic (exact) mass is 385 g/mol. The Bertz CT molecular complexity index is 994. The Morgan fingerprint density at radius 1 is 0.964 bits per heavy atom. The number of benzene rings is 2. The van der Waals surface area contributed by atoms with E-state index in [1.54, 1.807) is 30.3 Å². The zero-order valence-corrected chi connectivity index (χ0v) is 15.1. The molecule has 0 aliphatic heterocycles. The van der Waals surface area contributed by atoms with Crippen molar-refractivity contribution in [2.75, 3.05) is 24.9 Å². The normalized spacial score (nSPS) is 10.3. The number of aromatic nitrogens is 1. The first-order valence-electron chi connectivity index (χ1n) is 8.21. The lowest BCUT2D eigenvalue weighted by Gasteiger charge is -2.10. The summed E-state index contributed by atoms with van der Waals surface area (Å²) in [6.07, 6.45) is 1.42. The Hall–Kier alpha value is -3.68. The first-order chi connectivity index (χ1) is 13.5. The summed E-state index contributed by atoms with van der Waals surface area (Å²) in [5, 5.41) is 5.45. The van der Waals surface area contributed by atoms with E-state index in [2.05, 4.69) is 15.6 Å². The van der Waals surface area contributed by atoms with Gasteiger partial charge in [0.1, 0.15) is 17.5 Å². The van der Waals surface area contributed by atoms with E-state index in [4.69, 9.17) is 9.47 Å². The molecule has 1 aromatic heterocycles. The van der Waals surface area contributed by atoms with E-state index in [1.807, 2.05) is 0 Å². The van der Waals surface area contributed by atoms with E-state index >= 15 is 0 Å². The number of nitrogens with one attached hydrogen (secondary N) is 2. The number of carbonyl (C=O) groups is 1. The first-order valence-corrected chi connectivity index (χ1v) is 8.21. The summed E-state index contributed by atoms with van der Waals surface area (Å²) in [7, 11) is 2.99. The highest BCUT2D eigenvalue weighted by Crippen LogP contribution is 2.28. The van der Waals surface area contributed by atoms with Crippen LogP contribution in [-0.2, 0) is 0 Å². The van der Waals surface area contributed by atoms with Crippen molar-refractivity contribution in [3.63, 3.8) is 0 Å². The molecule has 0 saturated carbocycles. The van der Waals surface area contributed by atoms with Gasteiger partial charge in [-0.05, 0) is 42.5 Å². The minimum Gasteiger partial charge on any atom is -0.493 e. The highest BCUT2D eigenvalue weighted by molar-refractivity contribution is 6.04. The number of methoxy groups -OCH3 is 2. The van der Waals surface area contributed by atoms with Crippen molar-refractivity contribution in [2.45, 2.75) is 0 Å². The van der Waals surface area contributed by atoms with Crippen LogP contribution in [0.5, 0.6) is 11.5 Å². The van der Waals surface area contributed by atoms with Gasteiger partial charge >= 0.3 is 0 Å². The Kier molecular flexibility index (Phi) is 5.69. The van der Waals surface area contributed by atoms with Crippen LogP contribution < -0.4 is 20.1 Å². The molecule has 3 rings (SSSR count). The van der Waals surface area contributed by atoms with Crippen LogP contribution in [0.2, 0.25) is 0 Å². The predicted octanol–water partition coefficient (Wildman–Crippen LogP) is 4.37. The summed E-state index contributed by atoms with van der Waals surface area (Å²) < 4.78 is 37.0. The first kappa shape index (κ1) is 19.1. The smallest absolute Gasteiger partial charge is 0.256 e. The maximum Gasteiger partial charge on any atom is 0.256 e. The summed E-state index contributed by atoms with van der Waals surface area (Å²) >= 11 is 0. The molecule has 1 heterocycles. The van der Waals surface area contributed by atoms with Crippen LogP contribution in [0.4, 0.5) is 26.0 Å². The van der Waals surface area contributed by atoms with Crippen LogP contribution >= 0.6 is 0 Å². The van der Waals surface area contributed by atoms with Gasteiger partial charge in [0.15, 0.2) is 11.5 Å². The van der Waals surface area contributed by atoms with Gasteiger partial charge in [-0.2, -0.15) is 0 Å². The Morgan fingerprint density at radius 2 is 1.75 bits per heavy atom. The van der Waals surface area contributed by atoms with Crippen molar-refractivity contribution in [3.05, 3.63) is 71.9 Å². The van der Waals surface area contributed by atoms with Crippen molar-refractivity contribution in [3.8, 4) is 11.5 Å².